The van der Waals surface area contributed by atoms with Gasteiger partial charge in [0.25, 0.3) is 5.69 Å². The molecule has 1 aromatic heterocycles. The average molecular weight is 376 g/mol. The molecule has 138 valence electrons. The number of carboxylic acid groups (broad SMARTS) is 1. The van der Waals surface area contributed by atoms with Gasteiger partial charge in [-0.15, -0.1) is 0 Å². The number of H-pyrrole nitrogens is 1. The number of hydrogen-bond donors (Lipinski definition) is 2. The minimum absolute atomic E-state index is 0.0167. The monoisotopic (exact) mass is 376 g/mol. The summed E-state index contributed by atoms with van der Waals surface area (Å²) in [6, 6.07) is 15.0. The molecule has 0 unspecified atom stereocenters. The highest BCUT2D eigenvalue weighted by atomic mass is 16.6. The Morgan fingerprint density at radius 2 is 1.86 bits per heavy atom. The molecule has 0 aliphatic rings. The van der Waals surface area contributed by atoms with Gasteiger partial charge in [-0.1, -0.05) is 18.2 Å². The summed E-state index contributed by atoms with van der Waals surface area (Å²) >= 11 is 0. The average Bonchev–Trinajstić information content (AvgIpc) is 2.68. The van der Waals surface area contributed by atoms with Gasteiger partial charge in [-0.25, -0.2) is 4.79 Å². The molecular formula is C20H12N2O6. The van der Waals surface area contributed by atoms with E-state index in [0.717, 1.165) is 0 Å². The number of non-ortho nitro benzene ring substituents is 1. The van der Waals surface area contributed by atoms with Crippen molar-refractivity contribution in [3.05, 3.63) is 86.6 Å². The lowest BCUT2D eigenvalue weighted by atomic mass is 10.1. The lowest BCUT2D eigenvalue weighted by Crippen LogP contribution is -2.07. The second kappa shape index (κ2) is 6.51. The number of rotatable bonds is 4. The summed E-state index contributed by atoms with van der Waals surface area (Å²) < 4.78 is 5.74. The van der Waals surface area contributed by atoms with E-state index in [2.05, 4.69) is 4.98 Å². The molecule has 1 heterocycles. The van der Waals surface area contributed by atoms with Crippen LogP contribution in [0.25, 0.3) is 21.8 Å². The quantitative estimate of drug-likeness (QED) is 0.314. The van der Waals surface area contributed by atoms with Crippen molar-refractivity contribution in [2.75, 3.05) is 0 Å². The molecule has 8 heteroatoms. The lowest BCUT2D eigenvalue weighted by molar-refractivity contribution is -0.383. The third-order valence-corrected chi connectivity index (χ3v) is 4.31. The second-order valence-corrected chi connectivity index (χ2v) is 6.02. The maximum atomic E-state index is 13.0. The largest absolute Gasteiger partial charge is 0.478 e. The molecule has 3 aromatic carbocycles. The first-order chi connectivity index (χ1) is 13.5. The SMILES string of the molecule is O=C(O)c1cccc(Oc2ccc([N+](=O)[O-])c3[nH]c4ccccc4c(=O)c23)c1. The van der Waals surface area contributed by atoms with Gasteiger partial charge in [0, 0.05) is 17.0 Å². The predicted octanol–water partition coefficient (Wildman–Crippen LogP) is 4.08. The number of aromatic carboxylic acids is 1. The van der Waals surface area contributed by atoms with Crippen LogP contribution in [0.15, 0.2) is 65.5 Å². The number of fused-ring (bicyclic) bond motifs is 2. The number of carbonyl (C=O) groups is 1. The molecule has 0 spiro atoms. The number of aromatic nitrogens is 1. The Morgan fingerprint density at radius 3 is 2.61 bits per heavy atom. The number of benzene rings is 3. The number of nitrogens with one attached hydrogen (secondary N) is 1. The molecule has 0 aliphatic carbocycles. The first-order valence-corrected chi connectivity index (χ1v) is 8.19. The van der Waals surface area contributed by atoms with Crippen LogP contribution in [-0.2, 0) is 0 Å². The Bertz CT molecular complexity index is 1330. The van der Waals surface area contributed by atoms with Crippen LogP contribution in [-0.4, -0.2) is 21.0 Å². The molecule has 0 fully saturated rings. The van der Waals surface area contributed by atoms with E-state index in [-0.39, 0.29) is 33.7 Å². The number of hydrogen-bond acceptors (Lipinski definition) is 5. The number of carboxylic acids is 1. The molecule has 0 atom stereocenters. The number of pyridine rings is 1. The fourth-order valence-electron chi connectivity index (χ4n) is 3.04. The van der Waals surface area contributed by atoms with Crippen molar-refractivity contribution in [3.8, 4) is 11.5 Å². The highest BCUT2D eigenvalue weighted by Crippen LogP contribution is 2.34. The van der Waals surface area contributed by atoms with Crippen molar-refractivity contribution in [3.63, 3.8) is 0 Å². The van der Waals surface area contributed by atoms with Gasteiger partial charge in [-0.05, 0) is 36.4 Å². The van der Waals surface area contributed by atoms with Crippen LogP contribution in [0.5, 0.6) is 11.5 Å². The van der Waals surface area contributed by atoms with E-state index in [1.165, 1.54) is 36.4 Å². The number of nitro benzene ring substituents is 1. The van der Waals surface area contributed by atoms with Crippen LogP contribution in [0.2, 0.25) is 0 Å². The Morgan fingerprint density at radius 1 is 1.07 bits per heavy atom. The number of para-hydroxylation sites is 1. The van der Waals surface area contributed by atoms with E-state index in [1.807, 2.05) is 0 Å². The Kier molecular flexibility index (Phi) is 4.00. The molecule has 0 aliphatic heterocycles. The second-order valence-electron chi connectivity index (χ2n) is 6.02. The van der Waals surface area contributed by atoms with Gasteiger partial charge in [0.1, 0.15) is 17.0 Å². The molecule has 0 saturated carbocycles. The van der Waals surface area contributed by atoms with Crippen molar-refractivity contribution in [1.29, 1.82) is 0 Å². The molecule has 4 rings (SSSR count). The van der Waals surface area contributed by atoms with Gasteiger partial charge in [-0.3, -0.25) is 14.9 Å². The summed E-state index contributed by atoms with van der Waals surface area (Å²) in [4.78, 5) is 38.0. The first kappa shape index (κ1) is 17.2. The van der Waals surface area contributed by atoms with Crippen molar-refractivity contribution in [1.82, 2.24) is 4.98 Å². The van der Waals surface area contributed by atoms with Gasteiger partial charge < -0.3 is 14.8 Å². The normalized spacial score (nSPS) is 10.9. The van der Waals surface area contributed by atoms with E-state index in [0.29, 0.717) is 10.9 Å². The van der Waals surface area contributed by atoms with Crippen LogP contribution in [0.4, 0.5) is 5.69 Å². The third kappa shape index (κ3) is 2.82. The van der Waals surface area contributed by atoms with Crippen molar-refractivity contribution in [2.24, 2.45) is 0 Å². The Hall–Kier alpha value is -4.20. The number of ether oxygens (including phenoxy) is 1. The fourth-order valence-corrected chi connectivity index (χ4v) is 3.04. The van der Waals surface area contributed by atoms with Crippen LogP contribution in [0, 0.1) is 10.1 Å². The van der Waals surface area contributed by atoms with Crippen LogP contribution < -0.4 is 10.2 Å². The van der Waals surface area contributed by atoms with E-state index in [4.69, 9.17) is 9.84 Å². The molecule has 0 bridgehead atoms. The molecule has 0 amide bonds. The number of aromatic amines is 1. The van der Waals surface area contributed by atoms with Gasteiger partial charge in [0.2, 0.25) is 5.43 Å². The zero-order chi connectivity index (χ0) is 19.8. The van der Waals surface area contributed by atoms with E-state index < -0.39 is 16.3 Å². The Balaban J connectivity index is 1.99. The molecule has 2 N–H and O–H groups in total. The topological polar surface area (TPSA) is 123 Å². The van der Waals surface area contributed by atoms with Crippen LogP contribution in [0.3, 0.4) is 0 Å². The summed E-state index contributed by atoms with van der Waals surface area (Å²) in [7, 11) is 0. The molecule has 8 nitrogen and oxygen atoms in total. The summed E-state index contributed by atoms with van der Waals surface area (Å²) in [6.45, 7) is 0. The minimum atomic E-state index is -1.12. The summed E-state index contributed by atoms with van der Waals surface area (Å²) in [5.74, 6) is -0.833. The predicted molar refractivity (Wildman–Crippen MR) is 102 cm³/mol. The minimum Gasteiger partial charge on any atom is -0.478 e. The van der Waals surface area contributed by atoms with Crippen LogP contribution in [0.1, 0.15) is 10.4 Å². The standard InChI is InChI=1S/C20H12N2O6/c23-19-13-6-1-2-7-14(13)21-18-15(22(26)27)8-9-16(17(18)19)28-12-5-3-4-11(10-12)20(24)25/h1-10H,(H,21,23)(H,24,25). The maximum Gasteiger partial charge on any atom is 0.335 e. The Labute approximate surface area is 156 Å². The number of nitrogens with zero attached hydrogens (tertiary/aromatic N) is 1. The zero-order valence-corrected chi connectivity index (χ0v) is 14.2. The highest BCUT2D eigenvalue weighted by molar-refractivity contribution is 6.00. The lowest BCUT2D eigenvalue weighted by Gasteiger charge is -2.10. The molecular weight excluding hydrogens is 364 g/mol. The molecule has 4 aromatic rings. The first-order valence-electron chi connectivity index (χ1n) is 8.19. The van der Waals surface area contributed by atoms with E-state index >= 15 is 0 Å². The third-order valence-electron chi connectivity index (χ3n) is 4.31. The highest BCUT2D eigenvalue weighted by Gasteiger charge is 2.20. The van der Waals surface area contributed by atoms with Gasteiger partial charge in [0.15, 0.2) is 0 Å². The van der Waals surface area contributed by atoms with Crippen molar-refractivity contribution < 1.29 is 19.6 Å². The summed E-state index contributed by atoms with van der Waals surface area (Å²) in [5.41, 5.74) is -0.154. The fraction of sp³-hybridized carbons (Fsp3) is 0. The molecule has 0 saturated heterocycles. The van der Waals surface area contributed by atoms with Gasteiger partial charge in [-0.2, -0.15) is 0 Å². The molecule has 0 radical (unpaired) electrons. The van der Waals surface area contributed by atoms with Crippen molar-refractivity contribution in [2.45, 2.75) is 0 Å². The van der Waals surface area contributed by atoms with Crippen molar-refractivity contribution >= 4 is 33.5 Å². The van der Waals surface area contributed by atoms with E-state index in [1.54, 1.807) is 24.3 Å². The van der Waals surface area contributed by atoms with E-state index in [9.17, 15) is 19.7 Å². The van der Waals surface area contributed by atoms with Gasteiger partial charge in [0.05, 0.1) is 15.9 Å². The smallest absolute Gasteiger partial charge is 0.335 e. The van der Waals surface area contributed by atoms with Gasteiger partial charge >= 0.3 is 5.97 Å². The summed E-state index contributed by atoms with van der Waals surface area (Å²) in [6.07, 6.45) is 0. The summed E-state index contributed by atoms with van der Waals surface area (Å²) in [5, 5.41) is 20.9. The maximum absolute atomic E-state index is 13.0. The number of nitro groups is 1. The molecule has 28 heavy (non-hydrogen) atoms. The zero-order valence-electron chi connectivity index (χ0n) is 14.2. The van der Waals surface area contributed by atoms with Crippen LogP contribution >= 0.6 is 0 Å².